The lowest BCUT2D eigenvalue weighted by Gasteiger charge is -2.26. The van der Waals surface area contributed by atoms with E-state index in [4.69, 9.17) is 31.3 Å². The fourth-order valence-corrected chi connectivity index (χ4v) is 4.77. The highest BCUT2D eigenvalue weighted by molar-refractivity contribution is 6.49. The Morgan fingerprint density at radius 1 is 1.10 bits per heavy atom. The number of hydrogen-bond donors (Lipinski definition) is 5. The fraction of sp³-hybridized carbons (Fsp3) is 0.367. The number of rotatable bonds is 9. The van der Waals surface area contributed by atoms with E-state index in [9.17, 15) is 4.79 Å². The van der Waals surface area contributed by atoms with Crippen molar-refractivity contribution in [2.45, 2.75) is 26.2 Å². The number of carbonyl (C=O) groups excluding carboxylic acids is 1. The third-order valence-corrected chi connectivity index (χ3v) is 7.08. The number of carbonyl (C=O) groups is 1. The highest BCUT2D eigenvalue weighted by Crippen LogP contribution is 2.36. The molecule has 218 valence electrons. The van der Waals surface area contributed by atoms with E-state index in [1.165, 1.54) is 7.11 Å². The number of nitrogens with zero attached hydrogens (tertiary/aromatic N) is 2. The molecule has 41 heavy (non-hydrogen) atoms. The highest BCUT2D eigenvalue weighted by Gasteiger charge is 2.25. The monoisotopic (exact) mass is 561 g/mol. The second-order valence-corrected chi connectivity index (χ2v) is 10.8. The second-order valence-electron chi connectivity index (χ2n) is 10.8. The fourth-order valence-electron chi connectivity index (χ4n) is 4.77. The predicted molar refractivity (Wildman–Crippen MR) is 162 cm³/mol. The Morgan fingerprint density at radius 2 is 1.80 bits per heavy atom. The van der Waals surface area contributed by atoms with E-state index in [0.717, 1.165) is 49.2 Å². The summed E-state index contributed by atoms with van der Waals surface area (Å²) < 4.78 is 17.2. The Bertz CT molecular complexity index is 1440. The maximum atomic E-state index is 13.5. The van der Waals surface area contributed by atoms with Crippen LogP contribution in [0.15, 0.2) is 53.6 Å². The molecule has 11 heteroatoms. The van der Waals surface area contributed by atoms with E-state index in [1.807, 2.05) is 63.2 Å². The summed E-state index contributed by atoms with van der Waals surface area (Å²) in [7, 11) is 1.48. The smallest absolute Gasteiger partial charge is 0.274 e. The number of nitrogens with two attached hydrogens (primary N) is 2. The first-order chi connectivity index (χ1) is 19.7. The molecule has 3 aromatic rings. The number of methoxy groups -OCH3 is 1. The lowest BCUT2D eigenvalue weighted by molar-refractivity contribution is -0.110. The van der Waals surface area contributed by atoms with Gasteiger partial charge in [-0.2, -0.15) is 5.10 Å². The van der Waals surface area contributed by atoms with Crippen molar-refractivity contribution >= 4 is 33.9 Å². The van der Waals surface area contributed by atoms with Crippen molar-refractivity contribution in [2.24, 2.45) is 16.8 Å². The summed E-state index contributed by atoms with van der Waals surface area (Å²) in [6, 6.07) is 14.9. The van der Waals surface area contributed by atoms with Gasteiger partial charge in [-0.15, -0.1) is 0 Å². The number of benzene rings is 3. The van der Waals surface area contributed by atoms with Crippen LogP contribution in [0.5, 0.6) is 11.5 Å². The molecule has 4 rings (SSSR count). The van der Waals surface area contributed by atoms with Crippen LogP contribution in [-0.4, -0.2) is 68.9 Å². The van der Waals surface area contributed by atoms with Crippen molar-refractivity contribution in [2.75, 3.05) is 51.9 Å². The molecular formula is C30H39N7O4. The van der Waals surface area contributed by atoms with Gasteiger partial charge >= 0.3 is 0 Å². The average Bonchev–Trinajstić information content (AvgIpc) is 2.97. The molecule has 1 heterocycles. The van der Waals surface area contributed by atoms with Gasteiger partial charge in [-0.3, -0.25) is 15.1 Å². The van der Waals surface area contributed by atoms with Crippen LogP contribution in [0.25, 0.3) is 10.8 Å². The molecule has 1 amide bonds. The van der Waals surface area contributed by atoms with Gasteiger partial charge in [-0.1, -0.05) is 45.0 Å². The van der Waals surface area contributed by atoms with Crippen molar-refractivity contribution < 1.29 is 19.0 Å². The summed E-state index contributed by atoms with van der Waals surface area (Å²) in [4.78, 5) is 15.8. The number of hydrogen-bond acceptors (Lipinski definition) is 9. The van der Waals surface area contributed by atoms with Gasteiger partial charge in [0.25, 0.3) is 5.91 Å². The summed E-state index contributed by atoms with van der Waals surface area (Å²) in [5.74, 6) is 11.8. The largest absolute Gasteiger partial charge is 0.494 e. The molecule has 1 saturated heterocycles. The lowest BCUT2D eigenvalue weighted by Crippen LogP contribution is -2.38. The van der Waals surface area contributed by atoms with Crippen molar-refractivity contribution in [1.82, 2.24) is 10.3 Å². The molecule has 1 aliphatic rings. The summed E-state index contributed by atoms with van der Waals surface area (Å²) in [6.07, 6.45) is 0. The molecular weight excluding hydrogens is 522 g/mol. The van der Waals surface area contributed by atoms with Crippen molar-refractivity contribution in [3.63, 3.8) is 0 Å². The molecule has 0 atom stereocenters. The zero-order valence-corrected chi connectivity index (χ0v) is 24.0. The van der Waals surface area contributed by atoms with Gasteiger partial charge in [0.2, 0.25) is 0 Å². The molecule has 0 unspecified atom stereocenters. The van der Waals surface area contributed by atoms with Gasteiger partial charge in [0, 0.05) is 30.6 Å². The SMILES string of the molecule is COc1c(NC(=O)C(=N)c2ccc(OCCN3CCOCC3)c3ccccc23)cc(C(C)(C)C)cc1C(=NN)NN. The van der Waals surface area contributed by atoms with Gasteiger partial charge in [-0.05, 0) is 40.6 Å². The van der Waals surface area contributed by atoms with E-state index in [0.29, 0.717) is 34.9 Å². The molecule has 1 aliphatic heterocycles. The Morgan fingerprint density at radius 3 is 2.44 bits per heavy atom. The van der Waals surface area contributed by atoms with Crippen LogP contribution in [0.4, 0.5) is 5.69 Å². The van der Waals surface area contributed by atoms with Crippen LogP contribution in [-0.2, 0) is 14.9 Å². The summed E-state index contributed by atoms with van der Waals surface area (Å²) >= 11 is 0. The summed E-state index contributed by atoms with van der Waals surface area (Å²) in [5.41, 5.74) is 4.22. The number of nitrogens with one attached hydrogen (secondary N) is 3. The average molecular weight is 562 g/mol. The number of fused-ring (bicyclic) bond motifs is 1. The van der Waals surface area contributed by atoms with E-state index >= 15 is 0 Å². The topological polar surface area (TPSA) is 160 Å². The van der Waals surface area contributed by atoms with Crippen LogP contribution in [0.1, 0.15) is 37.5 Å². The third kappa shape index (κ3) is 6.76. The molecule has 1 fully saturated rings. The van der Waals surface area contributed by atoms with E-state index < -0.39 is 5.91 Å². The maximum Gasteiger partial charge on any atom is 0.274 e. The molecule has 3 aromatic carbocycles. The second kappa shape index (κ2) is 13.0. The van der Waals surface area contributed by atoms with E-state index in [2.05, 4.69) is 20.7 Å². The van der Waals surface area contributed by atoms with Crippen LogP contribution >= 0.6 is 0 Å². The molecule has 0 bridgehead atoms. The van der Waals surface area contributed by atoms with E-state index in [1.54, 1.807) is 6.07 Å². The van der Waals surface area contributed by atoms with E-state index in [-0.39, 0.29) is 17.0 Å². The number of ether oxygens (including phenoxy) is 3. The standard InChI is InChI=1S/C30H39N7O4/c1-30(2,3)19-17-23(28(35-32)36-33)27(39-4)24(18-19)34-29(38)26(31)22-9-10-25(21-8-6-5-7-20(21)22)41-16-13-37-11-14-40-15-12-37/h5-10,17-18,31H,11-16,32-33H2,1-4H3,(H,34,38)(H,35,36). The normalized spacial score (nSPS) is 14.5. The number of amides is 1. The minimum absolute atomic E-state index is 0.189. The Hall–Kier alpha value is -4.19. The molecule has 0 spiro atoms. The molecule has 7 N–H and O–H groups in total. The molecule has 0 radical (unpaired) electrons. The van der Waals surface area contributed by atoms with Crippen molar-refractivity contribution in [1.29, 1.82) is 5.41 Å². The molecule has 0 saturated carbocycles. The van der Waals surface area contributed by atoms with Crippen molar-refractivity contribution in [3.8, 4) is 11.5 Å². The third-order valence-electron chi connectivity index (χ3n) is 7.08. The minimum atomic E-state index is -0.599. The maximum absolute atomic E-state index is 13.5. The van der Waals surface area contributed by atoms with Gasteiger partial charge in [0.1, 0.15) is 18.1 Å². The number of hydrazone groups is 1. The highest BCUT2D eigenvalue weighted by atomic mass is 16.5. The van der Waals surface area contributed by atoms with Gasteiger partial charge in [0.15, 0.2) is 11.6 Å². The zero-order valence-electron chi connectivity index (χ0n) is 24.0. The Kier molecular flexibility index (Phi) is 9.43. The Labute approximate surface area is 240 Å². The Balaban J connectivity index is 1.62. The van der Waals surface area contributed by atoms with Crippen LogP contribution in [0.2, 0.25) is 0 Å². The first-order valence-corrected chi connectivity index (χ1v) is 13.5. The predicted octanol–water partition coefficient (Wildman–Crippen LogP) is 2.95. The van der Waals surface area contributed by atoms with Gasteiger partial charge in [-0.25, -0.2) is 5.84 Å². The quantitative estimate of drug-likeness (QED) is 0.115. The van der Waals surface area contributed by atoms with Crippen LogP contribution in [0, 0.1) is 5.41 Å². The summed E-state index contributed by atoms with van der Waals surface area (Å²) in [6.45, 7) is 10.7. The number of anilines is 1. The lowest BCUT2D eigenvalue weighted by atomic mass is 9.85. The number of amidine groups is 1. The van der Waals surface area contributed by atoms with Crippen LogP contribution in [0.3, 0.4) is 0 Å². The molecule has 0 aromatic heterocycles. The van der Waals surface area contributed by atoms with Gasteiger partial charge < -0.3 is 30.8 Å². The number of morpholine rings is 1. The zero-order chi connectivity index (χ0) is 29.6. The minimum Gasteiger partial charge on any atom is -0.494 e. The molecule has 0 aliphatic carbocycles. The first-order valence-electron chi connectivity index (χ1n) is 13.5. The van der Waals surface area contributed by atoms with Crippen molar-refractivity contribution in [3.05, 3.63) is 65.2 Å². The van der Waals surface area contributed by atoms with Gasteiger partial charge in [0.05, 0.1) is 31.6 Å². The van der Waals surface area contributed by atoms with Crippen LogP contribution < -0.4 is 31.9 Å². The molecule has 11 nitrogen and oxygen atoms in total. The number of hydrazine groups is 1. The summed E-state index contributed by atoms with van der Waals surface area (Å²) in [5, 5.41) is 17.0. The first kappa shape index (κ1) is 29.8.